The highest BCUT2D eigenvalue weighted by molar-refractivity contribution is 6.06. The summed E-state index contributed by atoms with van der Waals surface area (Å²) in [5.74, 6) is -2.70. The van der Waals surface area contributed by atoms with Gasteiger partial charge in [0.05, 0.1) is 18.2 Å². The number of imide groups is 1. The van der Waals surface area contributed by atoms with Crippen molar-refractivity contribution in [3.05, 3.63) is 77.8 Å². The third-order valence-corrected chi connectivity index (χ3v) is 3.89. The second-order valence-corrected chi connectivity index (χ2v) is 5.80. The fraction of sp³-hybridized carbons (Fsp3) is 0.0952. The van der Waals surface area contributed by atoms with E-state index in [2.05, 4.69) is 5.32 Å². The number of halogens is 1. The maximum absolute atomic E-state index is 13.8. The molecule has 1 N–H and O–H groups in total. The van der Waals surface area contributed by atoms with E-state index in [4.69, 9.17) is 13.9 Å². The Morgan fingerprint density at radius 3 is 2.48 bits per heavy atom. The molecule has 0 bridgehead atoms. The van der Waals surface area contributed by atoms with Crippen LogP contribution in [0.15, 0.2) is 65.1 Å². The van der Waals surface area contributed by atoms with Crippen molar-refractivity contribution >= 4 is 17.8 Å². The number of nitrogens with one attached hydrogen (secondary N) is 1. The molecule has 3 rings (SSSR count). The minimum Gasteiger partial charge on any atom is -0.496 e. The summed E-state index contributed by atoms with van der Waals surface area (Å²) in [5.41, 5.74) is 0.349. The highest BCUT2D eigenvalue weighted by atomic mass is 19.1. The largest absolute Gasteiger partial charge is 0.496 e. The van der Waals surface area contributed by atoms with Crippen molar-refractivity contribution < 1.29 is 32.7 Å². The molecule has 29 heavy (non-hydrogen) atoms. The molecule has 2 amide bonds. The van der Waals surface area contributed by atoms with Crippen LogP contribution in [0, 0.1) is 5.82 Å². The first-order valence-corrected chi connectivity index (χ1v) is 8.48. The molecule has 3 aromatic rings. The Labute approximate surface area is 165 Å². The van der Waals surface area contributed by atoms with Crippen LogP contribution in [0.3, 0.4) is 0 Å². The molecule has 8 heteroatoms. The molecule has 1 heterocycles. The summed E-state index contributed by atoms with van der Waals surface area (Å²) in [6.07, 6.45) is 0. The van der Waals surface area contributed by atoms with Crippen molar-refractivity contribution in [2.45, 2.75) is 0 Å². The molecule has 148 valence electrons. The number of benzene rings is 2. The van der Waals surface area contributed by atoms with Gasteiger partial charge in [0.15, 0.2) is 6.61 Å². The highest BCUT2D eigenvalue weighted by Gasteiger charge is 2.19. The van der Waals surface area contributed by atoms with Crippen molar-refractivity contribution in [2.75, 3.05) is 13.7 Å². The van der Waals surface area contributed by atoms with Crippen LogP contribution in [0.4, 0.5) is 4.39 Å². The summed E-state index contributed by atoms with van der Waals surface area (Å²) < 4.78 is 29.0. The Morgan fingerprint density at radius 1 is 1.00 bits per heavy atom. The van der Waals surface area contributed by atoms with Crippen LogP contribution in [0.1, 0.15) is 20.9 Å². The zero-order chi connectivity index (χ0) is 20.8. The van der Waals surface area contributed by atoms with Gasteiger partial charge in [0.25, 0.3) is 11.8 Å². The lowest BCUT2D eigenvalue weighted by Gasteiger charge is -2.08. The minimum atomic E-state index is -0.924. The van der Waals surface area contributed by atoms with Crippen LogP contribution in [-0.2, 0) is 9.53 Å². The average molecular weight is 397 g/mol. The lowest BCUT2D eigenvalue weighted by atomic mass is 10.1. The van der Waals surface area contributed by atoms with Gasteiger partial charge < -0.3 is 13.9 Å². The van der Waals surface area contributed by atoms with E-state index in [9.17, 15) is 18.8 Å². The summed E-state index contributed by atoms with van der Waals surface area (Å²) in [6, 6.07) is 15.0. The van der Waals surface area contributed by atoms with E-state index >= 15 is 0 Å². The zero-order valence-electron chi connectivity index (χ0n) is 15.3. The predicted molar refractivity (Wildman–Crippen MR) is 99.9 cm³/mol. The number of methoxy groups -OCH3 is 1. The van der Waals surface area contributed by atoms with Gasteiger partial charge in [-0.25, -0.2) is 9.18 Å². The van der Waals surface area contributed by atoms with Gasteiger partial charge in [-0.05, 0) is 36.4 Å². The van der Waals surface area contributed by atoms with E-state index in [0.29, 0.717) is 5.75 Å². The topological polar surface area (TPSA) is 94.8 Å². The van der Waals surface area contributed by atoms with Gasteiger partial charge in [-0.2, -0.15) is 0 Å². The number of hydrogen-bond donors (Lipinski definition) is 1. The highest BCUT2D eigenvalue weighted by Crippen LogP contribution is 2.25. The van der Waals surface area contributed by atoms with Gasteiger partial charge in [-0.1, -0.05) is 24.3 Å². The van der Waals surface area contributed by atoms with Gasteiger partial charge in [0.1, 0.15) is 17.3 Å². The van der Waals surface area contributed by atoms with E-state index < -0.39 is 30.2 Å². The summed E-state index contributed by atoms with van der Waals surface area (Å²) in [5, 5.41) is 2.10. The first kappa shape index (κ1) is 19.8. The van der Waals surface area contributed by atoms with Crippen LogP contribution in [0.2, 0.25) is 0 Å². The van der Waals surface area contributed by atoms with E-state index in [1.807, 2.05) is 0 Å². The van der Waals surface area contributed by atoms with E-state index in [-0.39, 0.29) is 22.6 Å². The Bertz CT molecular complexity index is 1060. The summed E-state index contributed by atoms with van der Waals surface area (Å²) in [6.45, 7) is -0.699. The average Bonchev–Trinajstić information content (AvgIpc) is 3.22. The summed E-state index contributed by atoms with van der Waals surface area (Å²) >= 11 is 0. The number of furan rings is 1. The molecule has 0 radical (unpaired) electrons. The molecule has 0 unspecified atom stereocenters. The van der Waals surface area contributed by atoms with Crippen LogP contribution >= 0.6 is 0 Å². The van der Waals surface area contributed by atoms with Gasteiger partial charge in [0.2, 0.25) is 5.76 Å². The van der Waals surface area contributed by atoms with E-state index in [1.54, 1.807) is 24.3 Å². The third-order valence-electron chi connectivity index (χ3n) is 3.89. The third kappa shape index (κ3) is 4.67. The maximum atomic E-state index is 13.8. The number of esters is 1. The normalized spacial score (nSPS) is 10.3. The number of carbonyl (C=O) groups is 3. The lowest BCUT2D eigenvalue weighted by molar-refractivity contribution is -0.123. The zero-order valence-corrected chi connectivity index (χ0v) is 15.3. The SMILES string of the molecule is COc1ccccc1C(=O)NC(=O)COC(=O)c1ccc(-c2ccccc2F)o1. The molecule has 0 fully saturated rings. The van der Waals surface area contributed by atoms with Crippen molar-refractivity contribution in [1.29, 1.82) is 0 Å². The molecule has 2 aromatic carbocycles. The minimum absolute atomic E-state index is 0.144. The van der Waals surface area contributed by atoms with Crippen molar-refractivity contribution in [3.8, 4) is 17.1 Å². The second-order valence-electron chi connectivity index (χ2n) is 5.80. The van der Waals surface area contributed by atoms with Gasteiger partial charge in [-0.3, -0.25) is 14.9 Å². The fourth-order valence-electron chi connectivity index (χ4n) is 2.52. The summed E-state index contributed by atoms with van der Waals surface area (Å²) in [4.78, 5) is 36.1. The Kier molecular flexibility index (Phi) is 6.03. The molecular formula is C21H16FNO6. The molecular weight excluding hydrogens is 381 g/mol. The lowest BCUT2D eigenvalue weighted by Crippen LogP contribution is -2.34. The molecule has 0 aliphatic rings. The van der Waals surface area contributed by atoms with Gasteiger partial charge in [-0.15, -0.1) is 0 Å². The number of rotatable bonds is 6. The molecule has 1 aromatic heterocycles. The Hall–Kier alpha value is -3.94. The molecule has 0 atom stereocenters. The van der Waals surface area contributed by atoms with E-state index in [1.165, 1.54) is 43.5 Å². The second kappa shape index (κ2) is 8.83. The van der Waals surface area contributed by atoms with Gasteiger partial charge in [0, 0.05) is 0 Å². The number of amides is 2. The van der Waals surface area contributed by atoms with Crippen molar-refractivity contribution in [3.63, 3.8) is 0 Å². The molecule has 0 spiro atoms. The monoisotopic (exact) mass is 397 g/mol. The van der Waals surface area contributed by atoms with Gasteiger partial charge >= 0.3 is 5.97 Å². The Morgan fingerprint density at radius 2 is 1.72 bits per heavy atom. The smallest absolute Gasteiger partial charge is 0.374 e. The van der Waals surface area contributed by atoms with Crippen LogP contribution in [-0.4, -0.2) is 31.5 Å². The predicted octanol–water partition coefficient (Wildman–Crippen LogP) is 3.21. The molecule has 0 aliphatic heterocycles. The number of carbonyl (C=O) groups excluding carboxylic acids is 3. The first-order chi connectivity index (χ1) is 14.0. The van der Waals surface area contributed by atoms with Crippen molar-refractivity contribution in [1.82, 2.24) is 5.32 Å². The number of ether oxygens (including phenoxy) is 2. The van der Waals surface area contributed by atoms with Crippen LogP contribution < -0.4 is 10.1 Å². The molecule has 0 aliphatic carbocycles. The van der Waals surface area contributed by atoms with Crippen LogP contribution in [0.25, 0.3) is 11.3 Å². The molecule has 7 nitrogen and oxygen atoms in total. The fourth-order valence-corrected chi connectivity index (χ4v) is 2.52. The van der Waals surface area contributed by atoms with Crippen molar-refractivity contribution in [2.24, 2.45) is 0 Å². The quantitative estimate of drug-likeness (QED) is 0.642. The Balaban J connectivity index is 1.57. The number of para-hydroxylation sites is 1. The van der Waals surface area contributed by atoms with E-state index in [0.717, 1.165) is 0 Å². The summed E-state index contributed by atoms with van der Waals surface area (Å²) in [7, 11) is 1.40. The molecule has 0 saturated heterocycles. The number of hydrogen-bond acceptors (Lipinski definition) is 6. The maximum Gasteiger partial charge on any atom is 0.374 e. The first-order valence-electron chi connectivity index (χ1n) is 8.48. The molecule has 0 saturated carbocycles. The van der Waals surface area contributed by atoms with Crippen LogP contribution in [0.5, 0.6) is 5.75 Å². The standard InChI is InChI=1S/C21H16FNO6/c1-27-16-9-5-3-7-14(16)20(25)23-19(24)12-28-21(26)18-11-10-17(29-18)13-6-2-4-8-15(13)22/h2-11H,12H2,1H3,(H,23,24,25).